The Bertz CT molecular complexity index is 1150. The van der Waals surface area contributed by atoms with Gasteiger partial charge in [-0.3, -0.25) is 4.79 Å². The van der Waals surface area contributed by atoms with Gasteiger partial charge in [-0.1, -0.05) is 42.5 Å². The lowest BCUT2D eigenvalue weighted by molar-refractivity contribution is 0.0918. The predicted molar refractivity (Wildman–Crippen MR) is 114 cm³/mol. The molecule has 2 heterocycles. The molecule has 0 aliphatic carbocycles. The van der Waals surface area contributed by atoms with Gasteiger partial charge in [-0.15, -0.1) is 0 Å². The van der Waals surface area contributed by atoms with Crippen molar-refractivity contribution in [3.8, 4) is 0 Å². The van der Waals surface area contributed by atoms with Gasteiger partial charge in [-0.2, -0.15) is 0 Å². The van der Waals surface area contributed by atoms with Gasteiger partial charge in [0.15, 0.2) is 5.76 Å². The molecular weight excluding hydrogens is 402 g/mol. The second kappa shape index (κ2) is 8.33. The van der Waals surface area contributed by atoms with E-state index >= 15 is 0 Å². The van der Waals surface area contributed by atoms with E-state index in [1.807, 2.05) is 12.1 Å². The fourth-order valence-electron chi connectivity index (χ4n) is 3.51. The third-order valence-corrected chi connectivity index (χ3v) is 6.46. The summed E-state index contributed by atoms with van der Waals surface area (Å²) in [5, 5.41) is 2.46. The molecule has 156 valence electrons. The summed E-state index contributed by atoms with van der Waals surface area (Å²) >= 11 is 0. The van der Waals surface area contributed by atoms with Gasteiger partial charge in [0, 0.05) is 25.3 Å². The van der Waals surface area contributed by atoms with Crippen molar-refractivity contribution in [2.45, 2.75) is 24.6 Å². The van der Waals surface area contributed by atoms with Crippen molar-refractivity contribution in [2.24, 2.45) is 0 Å². The van der Waals surface area contributed by atoms with Gasteiger partial charge in [0.05, 0.1) is 0 Å². The van der Waals surface area contributed by atoms with E-state index in [4.69, 9.17) is 4.42 Å². The van der Waals surface area contributed by atoms with Crippen LogP contribution >= 0.6 is 0 Å². The highest BCUT2D eigenvalue weighted by Crippen LogP contribution is 2.28. The van der Waals surface area contributed by atoms with Gasteiger partial charge < -0.3 is 14.6 Å². The molecule has 1 aliphatic heterocycles. The van der Waals surface area contributed by atoms with Crippen LogP contribution in [-0.2, 0) is 29.5 Å². The van der Waals surface area contributed by atoms with E-state index in [1.165, 1.54) is 36.0 Å². The van der Waals surface area contributed by atoms with Gasteiger partial charge in [0.25, 0.3) is 15.9 Å². The van der Waals surface area contributed by atoms with E-state index < -0.39 is 15.9 Å². The van der Waals surface area contributed by atoms with E-state index in [9.17, 15) is 13.2 Å². The maximum Gasteiger partial charge on any atom is 0.287 e. The van der Waals surface area contributed by atoms with Gasteiger partial charge in [0.2, 0.25) is 5.09 Å². The largest absolute Gasteiger partial charge is 0.438 e. The van der Waals surface area contributed by atoms with Crippen molar-refractivity contribution >= 4 is 21.6 Å². The number of anilines is 1. The SMILES string of the molecule is CNS(=O)(=O)c1ccc(C(=O)NCc2ccc(CN3CCc4ccccc43)cc2)o1. The number of benzene rings is 2. The third-order valence-electron chi connectivity index (χ3n) is 5.17. The molecule has 0 radical (unpaired) electrons. The van der Waals surface area contributed by atoms with Crippen molar-refractivity contribution < 1.29 is 17.6 Å². The number of fused-ring (bicyclic) bond motifs is 1. The first-order valence-corrected chi connectivity index (χ1v) is 11.2. The quantitative estimate of drug-likeness (QED) is 0.607. The maximum atomic E-state index is 12.2. The number of nitrogens with zero attached hydrogens (tertiary/aromatic N) is 1. The molecule has 0 atom stereocenters. The van der Waals surface area contributed by atoms with E-state index in [0.717, 1.165) is 25.1 Å². The van der Waals surface area contributed by atoms with Crippen molar-refractivity contribution in [1.82, 2.24) is 10.0 Å². The average Bonchev–Trinajstić information content (AvgIpc) is 3.42. The van der Waals surface area contributed by atoms with Crippen LogP contribution in [0.5, 0.6) is 0 Å². The second-order valence-corrected chi connectivity index (χ2v) is 8.94. The van der Waals surface area contributed by atoms with Gasteiger partial charge in [-0.25, -0.2) is 13.1 Å². The number of carbonyl (C=O) groups excluding carboxylic acids is 1. The molecule has 0 saturated carbocycles. The summed E-state index contributed by atoms with van der Waals surface area (Å²) in [5.74, 6) is -0.515. The second-order valence-electron chi connectivity index (χ2n) is 7.13. The molecule has 2 aromatic carbocycles. The lowest BCUT2D eigenvalue weighted by atomic mass is 10.1. The smallest absolute Gasteiger partial charge is 0.287 e. The van der Waals surface area contributed by atoms with Crippen molar-refractivity contribution in [3.63, 3.8) is 0 Å². The molecule has 0 saturated heterocycles. The fraction of sp³-hybridized carbons (Fsp3) is 0.227. The molecule has 8 heteroatoms. The predicted octanol–water partition coefficient (Wildman–Crippen LogP) is 2.68. The molecule has 1 aromatic heterocycles. The Hall–Kier alpha value is -3.10. The molecular formula is C22H23N3O4S. The molecule has 4 rings (SSSR count). The molecule has 0 fully saturated rings. The van der Waals surface area contributed by atoms with Crippen LogP contribution in [0.25, 0.3) is 0 Å². The molecule has 1 amide bonds. The van der Waals surface area contributed by atoms with Crippen molar-refractivity contribution in [2.75, 3.05) is 18.5 Å². The average molecular weight is 426 g/mol. The van der Waals surface area contributed by atoms with E-state index in [2.05, 4.69) is 51.3 Å². The number of para-hydroxylation sites is 1. The summed E-state index contributed by atoms with van der Waals surface area (Å²) in [6, 6.07) is 19.2. The zero-order valence-electron chi connectivity index (χ0n) is 16.6. The van der Waals surface area contributed by atoms with Gasteiger partial charge in [-0.05, 0) is 48.4 Å². The number of rotatable bonds is 7. The molecule has 2 N–H and O–H groups in total. The van der Waals surface area contributed by atoms with E-state index in [-0.39, 0.29) is 10.9 Å². The number of amides is 1. The van der Waals surface area contributed by atoms with E-state index in [0.29, 0.717) is 6.54 Å². The van der Waals surface area contributed by atoms with Crippen LogP contribution in [0.15, 0.2) is 70.2 Å². The van der Waals surface area contributed by atoms with Crippen molar-refractivity contribution in [3.05, 3.63) is 83.1 Å². The lowest BCUT2D eigenvalue weighted by Gasteiger charge is -2.19. The Kier molecular flexibility index (Phi) is 5.61. The van der Waals surface area contributed by atoms with Crippen molar-refractivity contribution in [1.29, 1.82) is 0 Å². The number of sulfonamides is 1. The lowest BCUT2D eigenvalue weighted by Crippen LogP contribution is -2.22. The summed E-state index contributed by atoms with van der Waals surface area (Å²) in [7, 11) is -2.43. The highest BCUT2D eigenvalue weighted by atomic mass is 32.2. The first kappa shape index (κ1) is 20.2. The Morgan fingerprint density at radius 3 is 2.53 bits per heavy atom. The minimum atomic E-state index is -3.71. The standard InChI is InChI=1S/C22H23N3O4S/c1-23-30(27,28)21-11-10-20(29-21)22(26)24-14-16-6-8-17(9-7-16)15-25-13-12-18-4-2-3-5-19(18)25/h2-11,23H,12-15H2,1H3,(H,24,26). The Morgan fingerprint density at radius 1 is 1.03 bits per heavy atom. The number of hydrogen-bond donors (Lipinski definition) is 2. The highest BCUT2D eigenvalue weighted by Gasteiger charge is 2.20. The number of hydrogen-bond acceptors (Lipinski definition) is 5. The zero-order chi connectivity index (χ0) is 21.1. The molecule has 30 heavy (non-hydrogen) atoms. The summed E-state index contributed by atoms with van der Waals surface area (Å²) < 4.78 is 30.7. The molecule has 0 spiro atoms. The number of nitrogens with one attached hydrogen (secondary N) is 2. The monoisotopic (exact) mass is 425 g/mol. The van der Waals surface area contributed by atoms with E-state index in [1.54, 1.807) is 0 Å². The topological polar surface area (TPSA) is 91.6 Å². The minimum Gasteiger partial charge on any atom is -0.438 e. The van der Waals surface area contributed by atoms with Crippen LogP contribution in [0.2, 0.25) is 0 Å². The molecule has 1 aliphatic rings. The van der Waals surface area contributed by atoms with Crippen LogP contribution in [0.4, 0.5) is 5.69 Å². The maximum absolute atomic E-state index is 12.2. The van der Waals surface area contributed by atoms with Crippen LogP contribution in [0, 0.1) is 0 Å². The van der Waals surface area contributed by atoms with Gasteiger partial charge >= 0.3 is 0 Å². The highest BCUT2D eigenvalue weighted by molar-refractivity contribution is 7.89. The molecule has 7 nitrogen and oxygen atoms in total. The van der Waals surface area contributed by atoms with Crippen LogP contribution in [0.1, 0.15) is 27.2 Å². The molecule has 0 bridgehead atoms. The summed E-state index contributed by atoms with van der Waals surface area (Å²) in [5.41, 5.74) is 4.84. The number of furan rings is 1. The zero-order valence-corrected chi connectivity index (χ0v) is 17.4. The molecule has 0 unspecified atom stereocenters. The Labute approximate surface area is 175 Å². The first-order valence-electron chi connectivity index (χ1n) is 9.68. The van der Waals surface area contributed by atoms with Crippen LogP contribution in [-0.4, -0.2) is 27.9 Å². The summed E-state index contributed by atoms with van der Waals surface area (Å²) in [6.07, 6.45) is 1.07. The Balaban J connectivity index is 1.34. The first-order chi connectivity index (χ1) is 14.5. The minimum absolute atomic E-state index is 0.0480. The molecule has 3 aromatic rings. The van der Waals surface area contributed by atoms with Crippen LogP contribution < -0.4 is 14.9 Å². The number of carbonyl (C=O) groups is 1. The third kappa shape index (κ3) is 4.24. The normalized spacial score (nSPS) is 13.3. The summed E-state index contributed by atoms with van der Waals surface area (Å²) in [6.45, 7) is 2.19. The fourth-order valence-corrected chi connectivity index (χ4v) is 4.16. The van der Waals surface area contributed by atoms with Gasteiger partial charge in [0.1, 0.15) is 0 Å². The Morgan fingerprint density at radius 2 is 1.77 bits per heavy atom. The van der Waals surface area contributed by atoms with Crippen LogP contribution in [0.3, 0.4) is 0 Å². The summed E-state index contributed by atoms with van der Waals surface area (Å²) in [4.78, 5) is 14.6.